The number of nitrogens with zero attached hydrogens (tertiary/aromatic N) is 3. The molecule has 0 atom stereocenters. The third-order valence-electron chi connectivity index (χ3n) is 6.75. The minimum absolute atomic E-state index is 0.670. The van der Waals surface area contributed by atoms with Crippen LogP contribution >= 0.6 is 27.5 Å². The molecule has 2 heterocycles. The summed E-state index contributed by atoms with van der Waals surface area (Å²) < 4.78 is 0.865. The Balaban J connectivity index is 1.67. The van der Waals surface area contributed by atoms with Gasteiger partial charge in [0.15, 0.2) is 0 Å². The largest absolute Gasteiger partial charge is 0.247 e. The van der Waals surface area contributed by atoms with E-state index in [9.17, 15) is 0 Å². The van der Waals surface area contributed by atoms with E-state index in [0.29, 0.717) is 5.02 Å². The topological polar surface area (TPSA) is 38.7 Å². The average Bonchev–Trinajstić information content (AvgIpc) is 2.97. The highest BCUT2D eigenvalue weighted by molar-refractivity contribution is 9.10. The number of hydrogen-bond donors (Lipinski definition) is 0. The van der Waals surface area contributed by atoms with Gasteiger partial charge in [0, 0.05) is 42.3 Å². The maximum atomic E-state index is 6.40. The fraction of sp³-hybridized carbons (Fsp3) is 0. The predicted molar refractivity (Wildman–Crippen MR) is 161 cm³/mol. The molecule has 7 rings (SSSR count). The van der Waals surface area contributed by atoms with Gasteiger partial charge in [-0.15, -0.1) is 0 Å². The molecule has 5 heteroatoms. The summed E-state index contributed by atoms with van der Waals surface area (Å²) in [6.45, 7) is 0. The average molecular weight is 573 g/mol. The summed E-state index contributed by atoms with van der Waals surface area (Å²) >= 11 is 10.2. The standard InChI is InChI=1S/C33H19BrClN3/c34-26-19-25-28(24-16-7-8-17-27(24)36-29(25)22-14-9-15-23(35)18-22)33-32(26)37-30(20-10-3-1-4-11-20)31(38-33)21-12-5-2-6-13-21/h1-19H. The number of para-hydroxylation sites is 1. The molecule has 0 unspecified atom stereocenters. The van der Waals surface area contributed by atoms with Crippen LogP contribution in [0.15, 0.2) is 120 Å². The first-order valence-corrected chi connectivity index (χ1v) is 13.4. The van der Waals surface area contributed by atoms with E-state index in [-0.39, 0.29) is 0 Å². The van der Waals surface area contributed by atoms with Gasteiger partial charge in [0.2, 0.25) is 0 Å². The van der Waals surface area contributed by atoms with E-state index in [1.54, 1.807) is 0 Å². The van der Waals surface area contributed by atoms with Crippen molar-refractivity contribution in [3.05, 3.63) is 125 Å². The van der Waals surface area contributed by atoms with Gasteiger partial charge >= 0.3 is 0 Å². The first-order chi connectivity index (χ1) is 18.7. The van der Waals surface area contributed by atoms with Gasteiger partial charge < -0.3 is 0 Å². The second-order valence-corrected chi connectivity index (χ2v) is 10.4. The van der Waals surface area contributed by atoms with Gasteiger partial charge in [-0.3, -0.25) is 0 Å². The lowest BCUT2D eigenvalue weighted by Crippen LogP contribution is -1.99. The van der Waals surface area contributed by atoms with Crippen LogP contribution in [0.4, 0.5) is 0 Å². The molecule has 180 valence electrons. The lowest BCUT2D eigenvalue weighted by Gasteiger charge is -2.16. The molecule has 0 bridgehead atoms. The zero-order valence-corrected chi connectivity index (χ0v) is 22.4. The van der Waals surface area contributed by atoms with Gasteiger partial charge in [0.25, 0.3) is 0 Å². The van der Waals surface area contributed by atoms with Crippen molar-refractivity contribution in [1.82, 2.24) is 15.0 Å². The van der Waals surface area contributed by atoms with E-state index in [1.165, 1.54) is 0 Å². The maximum absolute atomic E-state index is 6.40. The number of benzene rings is 5. The monoisotopic (exact) mass is 571 g/mol. The Morgan fingerprint density at radius 2 is 1.11 bits per heavy atom. The zero-order valence-electron chi connectivity index (χ0n) is 20.1. The molecule has 7 aromatic rings. The first-order valence-electron chi connectivity index (χ1n) is 12.3. The fourth-order valence-electron chi connectivity index (χ4n) is 5.04. The summed E-state index contributed by atoms with van der Waals surface area (Å²) in [6.07, 6.45) is 0. The summed E-state index contributed by atoms with van der Waals surface area (Å²) in [7, 11) is 0. The minimum atomic E-state index is 0.670. The second kappa shape index (κ2) is 9.32. The molecule has 0 fully saturated rings. The van der Waals surface area contributed by atoms with Gasteiger partial charge in [-0.2, -0.15) is 0 Å². The van der Waals surface area contributed by atoms with E-state index in [0.717, 1.165) is 71.0 Å². The summed E-state index contributed by atoms with van der Waals surface area (Å²) in [5, 5.41) is 3.72. The van der Waals surface area contributed by atoms with Crippen molar-refractivity contribution in [2.24, 2.45) is 0 Å². The molecule has 0 aliphatic carbocycles. The van der Waals surface area contributed by atoms with Crippen LogP contribution in [0.25, 0.3) is 66.5 Å². The Bertz CT molecular complexity index is 1990. The third kappa shape index (κ3) is 3.85. The Hall–Kier alpha value is -4.12. The van der Waals surface area contributed by atoms with Crippen LogP contribution in [0.1, 0.15) is 0 Å². The molecule has 0 aliphatic rings. The molecule has 0 saturated heterocycles. The van der Waals surface area contributed by atoms with Crippen LogP contribution in [0.5, 0.6) is 0 Å². The molecule has 2 aromatic heterocycles. The van der Waals surface area contributed by atoms with Gasteiger partial charge in [-0.05, 0) is 40.2 Å². The van der Waals surface area contributed by atoms with E-state index in [2.05, 4.69) is 52.3 Å². The number of hydrogen-bond acceptors (Lipinski definition) is 3. The smallest absolute Gasteiger partial charge is 0.104 e. The van der Waals surface area contributed by atoms with Crippen LogP contribution in [-0.4, -0.2) is 15.0 Å². The quantitative estimate of drug-likeness (QED) is 0.198. The minimum Gasteiger partial charge on any atom is -0.247 e. The second-order valence-electron chi connectivity index (χ2n) is 9.12. The molecule has 38 heavy (non-hydrogen) atoms. The Labute approximate surface area is 232 Å². The molecular formula is C33H19BrClN3. The number of halogens is 2. The van der Waals surface area contributed by atoms with E-state index >= 15 is 0 Å². The Morgan fingerprint density at radius 3 is 1.79 bits per heavy atom. The molecule has 0 amide bonds. The van der Waals surface area contributed by atoms with E-state index in [4.69, 9.17) is 26.6 Å². The fourth-order valence-corrected chi connectivity index (χ4v) is 5.74. The SMILES string of the molecule is Clc1cccc(-c2nc3ccccc3c3c2cc(Br)c2nc(-c4ccccc4)c(-c4ccccc4)nc23)c1. The van der Waals surface area contributed by atoms with Crippen molar-refractivity contribution >= 4 is 60.2 Å². The Kier molecular flexibility index (Phi) is 5.65. The normalized spacial score (nSPS) is 11.4. The van der Waals surface area contributed by atoms with Crippen molar-refractivity contribution in [2.45, 2.75) is 0 Å². The summed E-state index contributed by atoms with van der Waals surface area (Å²) in [6, 6.07) is 38.6. The van der Waals surface area contributed by atoms with Crippen LogP contribution in [0.2, 0.25) is 5.02 Å². The summed E-state index contributed by atoms with van der Waals surface area (Å²) in [5.41, 5.74) is 8.07. The van der Waals surface area contributed by atoms with Gasteiger partial charge in [0.1, 0.15) is 5.52 Å². The summed E-state index contributed by atoms with van der Waals surface area (Å²) in [4.78, 5) is 15.7. The molecule has 0 saturated carbocycles. The number of rotatable bonds is 3. The van der Waals surface area contributed by atoms with Crippen molar-refractivity contribution in [2.75, 3.05) is 0 Å². The maximum Gasteiger partial charge on any atom is 0.104 e. The van der Waals surface area contributed by atoms with Crippen molar-refractivity contribution in [3.8, 4) is 33.8 Å². The number of fused-ring (bicyclic) bond motifs is 5. The van der Waals surface area contributed by atoms with Crippen LogP contribution in [0.3, 0.4) is 0 Å². The number of pyridine rings is 1. The highest BCUT2D eigenvalue weighted by Gasteiger charge is 2.20. The molecule has 0 aliphatic heterocycles. The van der Waals surface area contributed by atoms with Crippen LogP contribution in [0, 0.1) is 0 Å². The van der Waals surface area contributed by atoms with Gasteiger partial charge in [-0.1, -0.05) is 103 Å². The third-order valence-corrected chi connectivity index (χ3v) is 7.59. The molecule has 0 N–H and O–H groups in total. The van der Waals surface area contributed by atoms with E-state index < -0.39 is 0 Å². The van der Waals surface area contributed by atoms with Gasteiger partial charge in [0.05, 0.1) is 28.1 Å². The zero-order chi connectivity index (χ0) is 25.6. The van der Waals surface area contributed by atoms with E-state index in [1.807, 2.05) is 78.9 Å². The first kappa shape index (κ1) is 23.0. The highest BCUT2D eigenvalue weighted by Crippen LogP contribution is 2.41. The molecular weight excluding hydrogens is 554 g/mol. The molecule has 5 aromatic carbocycles. The predicted octanol–water partition coefficient (Wildman–Crippen LogP) is 9.75. The highest BCUT2D eigenvalue weighted by atomic mass is 79.9. The van der Waals surface area contributed by atoms with Gasteiger partial charge in [-0.25, -0.2) is 15.0 Å². The van der Waals surface area contributed by atoms with Crippen molar-refractivity contribution < 1.29 is 0 Å². The van der Waals surface area contributed by atoms with Crippen LogP contribution < -0.4 is 0 Å². The molecule has 0 radical (unpaired) electrons. The van der Waals surface area contributed by atoms with Crippen LogP contribution in [-0.2, 0) is 0 Å². The molecule has 3 nitrogen and oxygen atoms in total. The summed E-state index contributed by atoms with van der Waals surface area (Å²) in [5.74, 6) is 0. The number of aromatic nitrogens is 3. The Morgan fingerprint density at radius 1 is 0.500 bits per heavy atom. The molecule has 0 spiro atoms. The lowest BCUT2D eigenvalue weighted by atomic mass is 9.97. The van der Waals surface area contributed by atoms with Crippen molar-refractivity contribution in [1.29, 1.82) is 0 Å². The lowest BCUT2D eigenvalue weighted by molar-refractivity contribution is 1.29. The van der Waals surface area contributed by atoms with Crippen molar-refractivity contribution in [3.63, 3.8) is 0 Å².